The minimum Gasteiger partial charge on any atom is -0.480 e. The Morgan fingerprint density at radius 2 is 2.18 bits per heavy atom. The molecule has 2 atom stereocenters. The zero-order chi connectivity index (χ0) is 12.4. The molecule has 0 aromatic rings. The molecule has 2 saturated heterocycles. The molecule has 2 fully saturated rings. The molecule has 2 aliphatic heterocycles. The van der Waals surface area contributed by atoms with Gasteiger partial charge in [0.05, 0.1) is 12.6 Å². The normalized spacial score (nSPS) is 28.4. The maximum atomic E-state index is 12.2. The summed E-state index contributed by atoms with van der Waals surface area (Å²) in [5.41, 5.74) is 0. The molecule has 0 saturated carbocycles. The Hall–Kier alpha value is -1.30. The summed E-state index contributed by atoms with van der Waals surface area (Å²) >= 11 is 0. The van der Waals surface area contributed by atoms with Gasteiger partial charge < -0.3 is 19.6 Å². The number of carboxylic acids is 1. The highest BCUT2D eigenvalue weighted by molar-refractivity contribution is 5.83. The SMILES string of the molecule is CN(C(=O)N1CCC[C@H]1C(=O)O)C1CCOC1. The van der Waals surface area contributed by atoms with Crippen LogP contribution >= 0.6 is 0 Å². The molecule has 6 nitrogen and oxygen atoms in total. The van der Waals surface area contributed by atoms with Crippen molar-refractivity contribution in [3.8, 4) is 0 Å². The zero-order valence-electron chi connectivity index (χ0n) is 9.96. The molecule has 0 bridgehead atoms. The first kappa shape index (κ1) is 12.2. The topological polar surface area (TPSA) is 70.1 Å². The van der Waals surface area contributed by atoms with E-state index >= 15 is 0 Å². The van der Waals surface area contributed by atoms with Gasteiger partial charge >= 0.3 is 12.0 Å². The second kappa shape index (κ2) is 4.91. The van der Waals surface area contributed by atoms with Crippen molar-refractivity contribution in [3.63, 3.8) is 0 Å². The van der Waals surface area contributed by atoms with Crippen molar-refractivity contribution < 1.29 is 19.4 Å². The third-order valence-corrected chi connectivity index (χ3v) is 3.54. The lowest BCUT2D eigenvalue weighted by Gasteiger charge is -2.30. The predicted octanol–water partition coefficient (Wildman–Crippen LogP) is 0.376. The summed E-state index contributed by atoms with van der Waals surface area (Å²) in [5, 5.41) is 9.04. The lowest BCUT2D eigenvalue weighted by molar-refractivity contribution is -0.141. The monoisotopic (exact) mass is 242 g/mol. The number of ether oxygens (including phenoxy) is 1. The van der Waals surface area contributed by atoms with Gasteiger partial charge in [0.25, 0.3) is 0 Å². The lowest BCUT2D eigenvalue weighted by Crippen LogP contribution is -2.50. The number of carboxylic acid groups (broad SMARTS) is 1. The number of hydrogen-bond donors (Lipinski definition) is 1. The van der Waals surface area contributed by atoms with Gasteiger partial charge in [-0.1, -0.05) is 0 Å². The minimum absolute atomic E-state index is 0.0811. The third-order valence-electron chi connectivity index (χ3n) is 3.54. The van der Waals surface area contributed by atoms with Crippen LogP contribution in [0.3, 0.4) is 0 Å². The fraction of sp³-hybridized carbons (Fsp3) is 0.818. The fourth-order valence-electron chi connectivity index (χ4n) is 2.44. The summed E-state index contributed by atoms with van der Waals surface area (Å²) < 4.78 is 5.24. The Morgan fingerprint density at radius 1 is 1.41 bits per heavy atom. The van der Waals surface area contributed by atoms with Crippen molar-refractivity contribution in [2.24, 2.45) is 0 Å². The molecule has 2 amide bonds. The van der Waals surface area contributed by atoms with Gasteiger partial charge in [-0.05, 0) is 19.3 Å². The van der Waals surface area contributed by atoms with E-state index < -0.39 is 12.0 Å². The lowest BCUT2D eigenvalue weighted by atomic mass is 10.2. The summed E-state index contributed by atoms with van der Waals surface area (Å²) in [5.74, 6) is -0.910. The molecule has 0 aromatic heterocycles. The fourth-order valence-corrected chi connectivity index (χ4v) is 2.44. The molecule has 2 rings (SSSR count). The van der Waals surface area contributed by atoms with Gasteiger partial charge in [-0.3, -0.25) is 0 Å². The number of likely N-dealkylation sites (tertiary alicyclic amines) is 1. The van der Waals surface area contributed by atoms with Crippen molar-refractivity contribution in [2.45, 2.75) is 31.3 Å². The summed E-state index contributed by atoms with van der Waals surface area (Å²) in [6, 6.07) is -0.768. The van der Waals surface area contributed by atoms with Crippen LogP contribution in [0.5, 0.6) is 0 Å². The highest BCUT2D eigenvalue weighted by Crippen LogP contribution is 2.21. The van der Waals surface area contributed by atoms with Gasteiger partial charge in [-0.2, -0.15) is 0 Å². The third kappa shape index (κ3) is 2.36. The predicted molar refractivity (Wildman–Crippen MR) is 59.7 cm³/mol. The van der Waals surface area contributed by atoms with Crippen molar-refractivity contribution in [3.05, 3.63) is 0 Å². The maximum absolute atomic E-state index is 12.2. The van der Waals surface area contributed by atoms with Crippen molar-refractivity contribution in [2.75, 3.05) is 26.8 Å². The van der Waals surface area contributed by atoms with Crippen molar-refractivity contribution in [1.29, 1.82) is 0 Å². The summed E-state index contributed by atoms with van der Waals surface area (Å²) in [6.45, 7) is 1.76. The number of likely N-dealkylation sites (N-methyl/N-ethyl adjacent to an activating group) is 1. The molecule has 2 aliphatic rings. The second-order valence-corrected chi connectivity index (χ2v) is 4.60. The van der Waals surface area contributed by atoms with E-state index in [1.165, 1.54) is 4.90 Å². The first-order valence-corrected chi connectivity index (χ1v) is 5.95. The van der Waals surface area contributed by atoms with E-state index in [9.17, 15) is 9.59 Å². The number of carbonyl (C=O) groups is 2. The second-order valence-electron chi connectivity index (χ2n) is 4.60. The van der Waals surface area contributed by atoms with Crippen LogP contribution < -0.4 is 0 Å². The molecule has 6 heteroatoms. The molecule has 0 radical (unpaired) electrons. The number of hydrogen-bond acceptors (Lipinski definition) is 3. The van der Waals surface area contributed by atoms with E-state index in [1.54, 1.807) is 11.9 Å². The van der Waals surface area contributed by atoms with Gasteiger partial charge in [0, 0.05) is 20.2 Å². The largest absolute Gasteiger partial charge is 0.480 e. The molecule has 2 heterocycles. The number of urea groups is 1. The molecule has 0 spiro atoms. The zero-order valence-corrected chi connectivity index (χ0v) is 9.96. The average Bonchev–Trinajstić information content (AvgIpc) is 2.97. The molecule has 96 valence electrons. The molecule has 1 N–H and O–H groups in total. The van der Waals surface area contributed by atoms with E-state index in [4.69, 9.17) is 9.84 Å². The molecule has 17 heavy (non-hydrogen) atoms. The number of rotatable bonds is 2. The first-order valence-electron chi connectivity index (χ1n) is 5.95. The Morgan fingerprint density at radius 3 is 2.76 bits per heavy atom. The van der Waals surface area contributed by atoms with Crippen LogP contribution in [0.25, 0.3) is 0 Å². The van der Waals surface area contributed by atoms with Crippen LogP contribution in [0.2, 0.25) is 0 Å². The Kier molecular flexibility index (Phi) is 3.51. The Balaban J connectivity index is 2.00. The van der Waals surface area contributed by atoms with Crippen LogP contribution in [-0.2, 0) is 9.53 Å². The molecule has 1 unspecified atom stereocenters. The number of nitrogens with zero attached hydrogens (tertiary/aromatic N) is 2. The first-order chi connectivity index (χ1) is 8.11. The van der Waals surface area contributed by atoms with E-state index in [1.807, 2.05) is 0 Å². The number of carbonyl (C=O) groups excluding carboxylic acids is 1. The summed E-state index contributed by atoms with van der Waals surface area (Å²) in [4.78, 5) is 26.3. The van der Waals surface area contributed by atoms with Gasteiger partial charge in [0.15, 0.2) is 0 Å². The van der Waals surface area contributed by atoms with Crippen LogP contribution in [0, 0.1) is 0 Å². The number of aliphatic carboxylic acids is 1. The number of amides is 2. The quantitative estimate of drug-likeness (QED) is 0.759. The van der Waals surface area contributed by atoms with Gasteiger partial charge in [-0.25, -0.2) is 9.59 Å². The van der Waals surface area contributed by atoms with E-state index in [-0.39, 0.29) is 12.1 Å². The van der Waals surface area contributed by atoms with Crippen LogP contribution in [0.4, 0.5) is 4.79 Å². The van der Waals surface area contributed by atoms with Gasteiger partial charge in [0.1, 0.15) is 6.04 Å². The van der Waals surface area contributed by atoms with E-state index in [0.717, 1.165) is 12.8 Å². The summed E-state index contributed by atoms with van der Waals surface area (Å²) in [6.07, 6.45) is 2.14. The average molecular weight is 242 g/mol. The van der Waals surface area contributed by atoms with Crippen molar-refractivity contribution >= 4 is 12.0 Å². The summed E-state index contributed by atoms with van der Waals surface area (Å²) in [7, 11) is 1.72. The Bertz CT molecular complexity index is 315. The van der Waals surface area contributed by atoms with Gasteiger partial charge in [-0.15, -0.1) is 0 Å². The van der Waals surface area contributed by atoms with Gasteiger partial charge in [0.2, 0.25) is 0 Å². The van der Waals surface area contributed by atoms with Crippen LogP contribution in [0.15, 0.2) is 0 Å². The van der Waals surface area contributed by atoms with E-state index in [0.29, 0.717) is 26.2 Å². The highest BCUT2D eigenvalue weighted by Gasteiger charge is 2.37. The molecule has 0 aromatic carbocycles. The molecular formula is C11H18N2O4. The standard InChI is InChI=1S/C11H18N2O4/c1-12(8-4-6-17-7-8)11(16)13-5-2-3-9(13)10(14)15/h8-9H,2-7H2,1H3,(H,14,15)/t8?,9-/m0/s1. The van der Waals surface area contributed by atoms with Crippen molar-refractivity contribution in [1.82, 2.24) is 9.80 Å². The highest BCUT2D eigenvalue weighted by atomic mass is 16.5. The van der Waals surface area contributed by atoms with E-state index in [2.05, 4.69) is 0 Å². The smallest absolute Gasteiger partial charge is 0.326 e. The minimum atomic E-state index is -0.910. The van der Waals surface area contributed by atoms with Crippen LogP contribution in [-0.4, -0.2) is 65.8 Å². The maximum Gasteiger partial charge on any atom is 0.326 e. The Labute approximate surface area is 100 Å². The molecular weight excluding hydrogens is 224 g/mol. The molecule has 0 aliphatic carbocycles. The van der Waals surface area contributed by atoms with Crippen LogP contribution in [0.1, 0.15) is 19.3 Å².